The molecule has 5 nitrogen and oxygen atoms in total. The van der Waals surface area contributed by atoms with Gasteiger partial charge in [0.05, 0.1) is 16.6 Å². The number of carbonyl (C=O) groups is 1. The van der Waals surface area contributed by atoms with E-state index in [0.717, 1.165) is 0 Å². The molecular formula is C9H7ClF2N2O3. The molecule has 0 aliphatic heterocycles. The number of amides is 1. The van der Waals surface area contributed by atoms with Gasteiger partial charge < -0.3 is 5.32 Å². The number of nitro benzene ring substituents is 1. The van der Waals surface area contributed by atoms with Gasteiger partial charge >= 0.3 is 5.69 Å². The second-order valence-electron chi connectivity index (χ2n) is 2.99. The van der Waals surface area contributed by atoms with E-state index in [9.17, 15) is 23.7 Å². The van der Waals surface area contributed by atoms with E-state index in [1.807, 2.05) is 0 Å². The van der Waals surface area contributed by atoms with Gasteiger partial charge in [0.2, 0.25) is 5.82 Å². The normalized spacial score (nSPS) is 10.1. The van der Waals surface area contributed by atoms with E-state index < -0.39 is 33.7 Å². The molecule has 1 aromatic rings. The number of hydrogen-bond acceptors (Lipinski definition) is 3. The van der Waals surface area contributed by atoms with Gasteiger partial charge in [0.15, 0.2) is 0 Å². The Labute approximate surface area is 99.5 Å². The highest BCUT2D eigenvalue weighted by atomic mass is 35.5. The Balaban J connectivity index is 3.15. The van der Waals surface area contributed by atoms with Gasteiger partial charge in [-0.2, -0.15) is 4.39 Å². The highest BCUT2D eigenvalue weighted by Crippen LogP contribution is 2.22. The van der Waals surface area contributed by atoms with E-state index in [1.165, 1.54) is 0 Å². The van der Waals surface area contributed by atoms with Crippen LogP contribution in [-0.2, 0) is 0 Å². The molecule has 0 aliphatic rings. The van der Waals surface area contributed by atoms with Crippen molar-refractivity contribution in [2.75, 3.05) is 12.4 Å². The van der Waals surface area contributed by atoms with Crippen molar-refractivity contribution in [3.63, 3.8) is 0 Å². The van der Waals surface area contributed by atoms with Crippen LogP contribution in [0.1, 0.15) is 10.4 Å². The lowest BCUT2D eigenvalue weighted by Gasteiger charge is -2.04. The van der Waals surface area contributed by atoms with Gasteiger partial charge in [0.25, 0.3) is 5.91 Å². The first-order chi connectivity index (χ1) is 7.97. The highest BCUT2D eigenvalue weighted by Gasteiger charge is 2.23. The van der Waals surface area contributed by atoms with Crippen LogP contribution in [0.5, 0.6) is 0 Å². The second kappa shape index (κ2) is 5.53. The molecule has 0 saturated carbocycles. The summed E-state index contributed by atoms with van der Waals surface area (Å²) in [5.41, 5.74) is -1.80. The number of rotatable bonds is 4. The van der Waals surface area contributed by atoms with Crippen LogP contribution in [0, 0.1) is 21.7 Å². The summed E-state index contributed by atoms with van der Waals surface area (Å²) in [5, 5.41) is 12.6. The zero-order valence-corrected chi connectivity index (χ0v) is 9.13. The molecule has 0 unspecified atom stereocenters. The molecule has 1 aromatic carbocycles. The summed E-state index contributed by atoms with van der Waals surface area (Å²) in [6.45, 7) is 0.0458. The van der Waals surface area contributed by atoms with E-state index in [-0.39, 0.29) is 12.4 Å². The molecule has 8 heteroatoms. The third-order valence-corrected chi connectivity index (χ3v) is 2.03. The fraction of sp³-hybridized carbons (Fsp3) is 0.222. The first-order valence-corrected chi connectivity index (χ1v) is 4.98. The number of hydrogen-bond donors (Lipinski definition) is 1. The fourth-order valence-corrected chi connectivity index (χ4v) is 1.22. The summed E-state index contributed by atoms with van der Waals surface area (Å²) in [5.74, 6) is -3.30. The number of nitrogens with zero attached hydrogens (tertiary/aromatic N) is 1. The number of alkyl halides is 1. The predicted octanol–water partition coefficient (Wildman–Crippen LogP) is 1.84. The summed E-state index contributed by atoms with van der Waals surface area (Å²) < 4.78 is 26.5. The van der Waals surface area contributed by atoms with Crippen molar-refractivity contribution in [3.05, 3.63) is 39.4 Å². The number of halogens is 3. The lowest BCUT2D eigenvalue weighted by atomic mass is 10.1. The van der Waals surface area contributed by atoms with E-state index in [0.29, 0.717) is 12.1 Å². The molecule has 0 fully saturated rings. The van der Waals surface area contributed by atoms with E-state index in [2.05, 4.69) is 5.32 Å². The minimum atomic E-state index is -1.37. The quantitative estimate of drug-likeness (QED) is 0.512. The maximum atomic E-state index is 13.5. The average molecular weight is 265 g/mol. The monoisotopic (exact) mass is 264 g/mol. The van der Waals surface area contributed by atoms with Gasteiger partial charge in [-0.3, -0.25) is 14.9 Å². The smallest absolute Gasteiger partial charge is 0.308 e. The molecule has 0 saturated heterocycles. The van der Waals surface area contributed by atoms with Crippen LogP contribution in [0.25, 0.3) is 0 Å². The largest absolute Gasteiger partial charge is 0.351 e. The molecule has 0 aliphatic carbocycles. The first kappa shape index (κ1) is 13.3. The van der Waals surface area contributed by atoms with Crippen molar-refractivity contribution in [1.29, 1.82) is 0 Å². The fourth-order valence-electron chi connectivity index (χ4n) is 1.13. The zero-order chi connectivity index (χ0) is 13.0. The molecule has 1 amide bonds. The Bertz CT molecular complexity index is 468. The van der Waals surface area contributed by atoms with E-state index >= 15 is 0 Å². The van der Waals surface area contributed by atoms with Crippen molar-refractivity contribution in [1.82, 2.24) is 5.32 Å². The van der Waals surface area contributed by atoms with Gasteiger partial charge in [0.1, 0.15) is 5.82 Å². The Morgan fingerprint density at radius 3 is 2.65 bits per heavy atom. The molecule has 0 bridgehead atoms. The van der Waals surface area contributed by atoms with Crippen LogP contribution in [-0.4, -0.2) is 23.3 Å². The highest BCUT2D eigenvalue weighted by molar-refractivity contribution is 6.18. The third kappa shape index (κ3) is 3.10. The molecule has 1 rings (SSSR count). The van der Waals surface area contributed by atoms with E-state index in [4.69, 9.17) is 11.6 Å². The minimum absolute atomic E-state index is 0.0458. The summed E-state index contributed by atoms with van der Waals surface area (Å²) in [7, 11) is 0. The van der Waals surface area contributed by atoms with Crippen molar-refractivity contribution in [2.45, 2.75) is 0 Å². The Hall–Kier alpha value is -1.76. The summed E-state index contributed by atoms with van der Waals surface area (Å²) in [6.07, 6.45) is 0. The van der Waals surface area contributed by atoms with Gasteiger partial charge in [-0.1, -0.05) is 0 Å². The SMILES string of the molecule is O=C(NCCCl)c1cc(F)cc([N+](=O)[O-])c1F. The molecule has 0 spiro atoms. The topological polar surface area (TPSA) is 72.2 Å². The van der Waals surface area contributed by atoms with Crippen LogP contribution < -0.4 is 5.32 Å². The maximum absolute atomic E-state index is 13.5. The number of carbonyl (C=O) groups excluding carboxylic acids is 1. The van der Waals surface area contributed by atoms with Crippen LogP contribution in [0.15, 0.2) is 12.1 Å². The average Bonchev–Trinajstić information content (AvgIpc) is 2.28. The van der Waals surface area contributed by atoms with Crippen molar-refractivity contribution >= 4 is 23.2 Å². The van der Waals surface area contributed by atoms with Crippen LogP contribution in [0.2, 0.25) is 0 Å². The standard InChI is InChI=1S/C9H7ClF2N2O3/c10-1-2-13-9(15)6-3-5(11)4-7(8(6)12)14(16)17/h3-4H,1-2H2,(H,13,15). The van der Waals surface area contributed by atoms with Crippen LogP contribution in [0.3, 0.4) is 0 Å². The predicted molar refractivity (Wildman–Crippen MR) is 56.1 cm³/mol. The van der Waals surface area contributed by atoms with Crippen molar-refractivity contribution < 1.29 is 18.5 Å². The molecule has 17 heavy (non-hydrogen) atoms. The second-order valence-corrected chi connectivity index (χ2v) is 3.37. The molecule has 0 radical (unpaired) electrons. The maximum Gasteiger partial charge on any atom is 0.308 e. The molecule has 0 atom stereocenters. The number of benzene rings is 1. The number of nitro groups is 1. The Morgan fingerprint density at radius 2 is 2.12 bits per heavy atom. The van der Waals surface area contributed by atoms with Gasteiger partial charge in [-0.05, 0) is 6.07 Å². The van der Waals surface area contributed by atoms with Gasteiger partial charge in [0, 0.05) is 12.4 Å². The first-order valence-electron chi connectivity index (χ1n) is 4.45. The summed E-state index contributed by atoms with van der Waals surface area (Å²) >= 11 is 5.30. The lowest BCUT2D eigenvalue weighted by Crippen LogP contribution is -2.26. The van der Waals surface area contributed by atoms with Gasteiger partial charge in [-0.25, -0.2) is 4.39 Å². The number of nitrogens with one attached hydrogen (secondary N) is 1. The van der Waals surface area contributed by atoms with E-state index in [1.54, 1.807) is 0 Å². The van der Waals surface area contributed by atoms with Crippen molar-refractivity contribution in [2.24, 2.45) is 0 Å². The molecular weight excluding hydrogens is 258 g/mol. The molecule has 92 valence electrons. The molecule has 0 aromatic heterocycles. The summed E-state index contributed by atoms with van der Waals surface area (Å²) in [6, 6.07) is 1.000. The lowest BCUT2D eigenvalue weighted by molar-refractivity contribution is -0.387. The van der Waals surface area contributed by atoms with Crippen molar-refractivity contribution in [3.8, 4) is 0 Å². The molecule has 1 N–H and O–H groups in total. The third-order valence-electron chi connectivity index (χ3n) is 1.84. The minimum Gasteiger partial charge on any atom is -0.351 e. The Kier molecular flexibility index (Phi) is 4.33. The summed E-state index contributed by atoms with van der Waals surface area (Å²) in [4.78, 5) is 20.7. The molecule has 0 heterocycles. The van der Waals surface area contributed by atoms with Crippen LogP contribution in [0.4, 0.5) is 14.5 Å². The van der Waals surface area contributed by atoms with Gasteiger partial charge in [-0.15, -0.1) is 11.6 Å². The van der Waals surface area contributed by atoms with Crippen LogP contribution >= 0.6 is 11.6 Å². The zero-order valence-electron chi connectivity index (χ0n) is 8.37. The Morgan fingerprint density at radius 1 is 1.47 bits per heavy atom.